The van der Waals surface area contributed by atoms with Crippen LogP contribution in [-0.2, 0) is 5.41 Å². The summed E-state index contributed by atoms with van der Waals surface area (Å²) in [6.45, 7) is 6.45. The average molecular weight is 157 g/mol. The Kier molecular flexibility index (Phi) is 2.24. The molecule has 1 rings (SSSR count). The van der Waals surface area contributed by atoms with Crippen LogP contribution in [-0.4, -0.2) is 0 Å². The van der Waals surface area contributed by atoms with Crippen molar-refractivity contribution in [1.29, 1.82) is 0 Å². The van der Waals surface area contributed by atoms with Gasteiger partial charge >= 0.3 is 0 Å². The molecule has 0 bridgehead atoms. The highest BCUT2D eigenvalue weighted by atomic mass is 14.2. The lowest BCUT2D eigenvalue weighted by molar-refractivity contribution is 0.588. The predicted molar refractivity (Wildman–Crippen MR) is 51.9 cm³/mol. The third kappa shape index (κ3) is 1.68. The minimum Gasteiger partial charge on any atom is -0.115 e. The maximum atomic E-state index is 5.37. The molecule has 0 N–H and O–H groups in total. The molecule has 1 aromatic rings. The highest BCUT2D eigenvalue weighted by Gasteiger charge is 2.15. The number of rotatable bonds is 0. The summed E-state index contributed by atoms with van der Waals surface area (Å²) in [5, 5.41) is 0. The molecular weight excluding hydrogens is 144 g/mol. The SMILES string of the molecule is C#Cc1[c]cccc1C(C)(C)C. The van der Waals surface area contributed by atoms with Gasteiger partial charge in [0.15, 0.2) is 0 Å². The molecule has 0 aliphatic rings. The quantitative estimate of drug-likeness (QED) is 0.508. The molecule has 0 aliphatic heterocycles. The first kappa shape index (κ1) is 8.87. The van der Waals surface area contributed by atoms with Crippen molar-refractivity contribution >= 4 is 0 Å². The van der Waals surface area contributed by atoms with E-state index in [1.165, 1.54) is 5.56 Å². The van der Waals surface area contributed by atoms with Gasteiger partial charge in [-0.2, -0.15) is 0 Å². The van der Waals surface area contributed by atoms with Gasteiger partial charge in [0, 0.05) is 5.56 Å². The van der Waals surface area contributed by atoms with Crippen LogP contribution in [0.25, 0.3) is 0 Å². The minimum absolute atomic E-state index is 0.111. The third-order valence-corrected chi connectivity index (χ3v) is 1.81. The first-order chi connectivity index (χ1) is 5.55. The van der Waals surface area contributed by atoms with Crippen molar-refractivity contribution in [2.75, 3.05) is 0 Å². The van der Waals surface area contributed by atoms with E-state index in [1.54, 1.807) is 0 Å². The van der Waals surface area contributed by atoms with Gasteiger partial charge in [0.05, 0.1) is 0 Å². The van der Waals surface area contributed by atoms with Gasteiger partial charge in [-0.3, -0.25) is 0 Å². The summed E-state index contributed by atoms with van der Waals surface area (Å²) in [7, 11) is 0. The molecule has 0 nitrogen and oxygen atoms in total. The van der Waals surface area contributed by atoms with E-state index < -0.39 is 0 Å². The van der Waals surface area contributed by atoms with E-state index >= 15 is 0 Å². The molecule has 61 valence electrons. The van der Waals surface area contributed by atoms with Crippen LogP contribution in [0.1, 0.15) is 31.9 Å². The molecule has 0 saturated carbocycles. The van der Waals surface area contributed by atoms with Gasteiger partial charge in [-0.1, -0.05) is 44.9 Å². The van der Waals surface area contributed by atoms with E-state index in [-0.39, 0.29) is 5.41 Å². The van der Waals surface area contributed by atoms with Crippen molar-refractivity contribution < 1.29 is 0 Å². The fourth-order valence-corrected chi connectivity index (χ4v) is 1.18. The highest BCUT2D eigenvalue weighted by molar-refractivity contribution is 5.42. The number of terminal acetylenes is 1. The molecule has 0 amide bonds. The van der Waals surface area contributed by atoms with Crippen molar-refractivity contribution in [3.63, 3.8) is 0 Å². The van der Waals surface area contributed by atoms with Crippen LogP contribution in [0.3, 0.4) is 0 Å². The summed E-state index contributed by atoms with van der Waals surface area (Å²) in [6, 6.07) is 8.94. The Morgan fingerprint density at radius 1 is 1.42 bits per heavy atom. The van der Waals surface area contributed by atoms with E-state index in [0.29, 0.717) is 0 Å². The number of benzene rings is 1. The normalized spacial score (nSPS) is 10.8. The molecule has 0 atom stereocenters. The average Bonchev–Trinajstić information content (AvgIpc) is 2.03. The van der Waals surface area contributed by atoms with E-state index in [1.807, 2.05) is 12.1 Å². The second kappa shape index (κ2) is 3.03. The van der Waals surface area contributed by atoms with Gasteiger partial charge in [0.1, 0.15) is 0 Å². The molecule has 0 saturated heterocycles. The van der Waals surface area contributed by atoms with Gasteiger partial charge in [0.25, 0.3) is 0 Å². The van der Waals surface area contributed by atoms with E-state index in [0.717, 1.165) is 5.56 Å². The zero-order chi connectivity index (χ0) is 9.19. The molecular formula is C12H13. The maximum absolute atomic E-state index is 5.37. The third-order valence-electron chi connectivity index (χ3n) is 1.81. The van der Waals surface area contributed by atoms with Crippen LogP contribution in [0.5, 0.6) is 0 Å². The molecule has 0 aliphatic carbocycles. The number of hydrogen-bond donors (Lipinski definition) is 0. The topological polar surface area (TPSA) is 0 Å². The van der Waals surface area contributed by atoms with Crippen LogP contribution >= 0.6 is 0 Å². The summed E-state index contributed by atoms with van der Waals surface area (Å²) in [5.41, 5.74) is 2.18. The molecule has 0 unspecified atom stereocenters. The first-order valence-electron chi connectivity index (χ1n) is 4.03. The van der Waals surface area contributed by atoms with Crippen LogP contribution in [0.2, 0.25) is 0 Å². The highest BCUT2D eigenvalue weighted by Crippen LogP contribution is 2.24. The molecule has 0 aromatic heterocycles. The summed E-state index contributed by atoms with van der Waals surface area (Å²) in [6.07, 6.45) is 5.37. The fraction of sp³-hybridized carbons (Fsp3) is 0.333. The van der Waals surface area contributed by atoms with Crippen molar-refractivity contribution in [2.24, 2.45) is 0 Å². The fourth-order valence-electron chi connectivity index (χ4n) is 1.18. The Morgan fingerprint density at radius 2 is 2.08 bits per heavy atom. The van der Waals surface area contributed by atoms with Crippen molar-refractivity contribution in [3.05, 3.63) is 35.4 Å². The van der Waals surface area contributed by atoms with Crippen LogP contribution in [0.15, 0.2) is 18.2 Å². The van der Waals surface area contributed by atoms with Gasteiger partial charge in [-0.05, 0) is 17.0 Å². The molecule has 1 aromatic carbocycles. The summed E-state index contributed by atoms with van der Waals surface area (Å²) in [5.74, 6) is 2.65. The van der Waals surface area contributed by atoms with Crippen molar-refractivity contribution in [2.45, 2.75) is 26.2 Å². The maximum Gasteiger partial charge on any atom is 0.0358 e. The largest absolute Gasteiger partial charge is 0.115 e. The molecule has 12 heavy (non-hydrogen) atoms. The Labute approximate surface area is 74.6 Å². The number of hydrogen-bond acceptors (Lipinski definition) is 0. The van der Waals surface area contributed by atoms with Crippen LogP contribution in [0, 0.1) is 18.4 Å². The molecule has 1 radical (unpaired) electrons. The first-order valence-corrected chi connectivity index (χ1v) is 4.03. The molecule has 0 fully saturated rings. The lowest BCUT2D eigenvalue weighted by Gasteiger charge is -2.20. The van der Waals surface area contributed by atoms with E-state index in [9.17, 15) is 0 Å². The lowest BCUT2D eigenvalue weighted by Crippen LogP contribution is -2.12. The predicted octanol–water partition coefficient (Wildman–Crippen LogP) is 2.77. The standard InChI is InChI=1S/C12H13/c1-5-10-8-6-7-9-11(10)12(2,3)4/h1,6-7,9H,2-4H3. The van der Waals surface area contributed by atoms with E-state index in [4.69, 9.17) is 6.42 Å². The Hall–Kier alpha value is -1.22. The van der Waals surface area contributed by atoms with Gasteiger partial charge in [0.2, 0.25) is 0 Å². The van der Waals surface area contributed by atoms with Gasteiger partial charge in [-0.15, -0.1) is 6.42 Å². The Morgan fingerprint density at radius 3 is 2.50 bits per heavy atom. The smallest absolute Gasteiger partial charge is 0.0358 e. The van der Waals surface area contributed by atoms with Crippen molar-refractivity contribution in [3.8, 4) is 12.3 Å². The Balaban J connectivity index is 3.26. The molecule has 0 heterocycles. The Bertz CT molecular complexity index is 308. The summed E-state index contributed by atoms with van der Waals surface area (Å²) < 4.78 is 0. The second-order valence-electron chi connectivity index (χ2n) is 3.85. The zero-order valence-corrected chi connectivity index (χ0v) is 7.81. The zero-order valence-electron chi connectivity index (χ0n) is 7.81. The van der Waals surface area contributed by atoms with Crippen molar-refractivity contribution in [1.82, 2.24) is 0 Å². The monoisotopic (exact) mass is 157 g/mol. The second-order valence-corrected chi connectivity index (χ2v) is 3.85. The molecule has 0 spiro atoms. The minimum atomic E-state index is 0.111. The van der Waals surface area contributed by atoms with Crippen LogP contribution in [0.4, 0.5) is 0 Å². The summed E-state index contributed by atoms with van der Waals surface area (Å²) >= 11 is 0. The van der Waals surface area contributed by atoms with Gasteiger partial charge < -0.3 is 0 Å². The summed E-state index contributed by atoms with van der Waals surface area (Å²) in [4.78, 5) is 0. The van der Waals surface area contributed by atoms with Crippen LogP contribution < -0.4 is 0 Å². The molecule has 0 heteroatoms. The van der Waals surface area contributed by atoms with E-state index in [2.05, 4.69) is 38.8 Å². The van der Waals surface area contributed by atoms with Gasteiger partial charge in [-0.25, -0.2) is 0 Å². The lowest BCUT2D eigenvalue weighted by atomic mass is 9.84.